The van der Waals surface area contributed by atoms with Gasteiger partial charge in [-0.15, -0.1) is 0 Å². The van der Waals surface area contributed by atoms with Crippen LogP contribution in [0.3, 0.4) is 0 Å². The molecule has 5 nitrogen and oxygen atoms in total. The van der Waals surface area contributed by atoms with E-state index in [0.717, 1.165) is 64.2 Å². The van der Waals surface area contributed by atoms with Gasteiger partial charge in [-0.1, -0.05) is 54.0 Å². The Bertz CT molecular complexity index is 1440. The van der Waals surface area contributed by atoms with Gasteiger partial charge in [-0.3, -0.25) is 4.79 Å². The maximum absolute atomic E-state index is 13.8. The number of rotatable bonds is 3. The van der Waals surface area contributed by atoms with E-state index in [1.54, 1.807) is 0 Å². The molecule has 1 fully saturated rings. The Balaban J connectivity index is 1.62. The lowest BCUT2D eigenvalue weighted by Crippen LogP contribution is -2.34. The molecule has 0 saturated carbocycles. The number of anilines is 3. The smallest absolute Gasteiger partial charge is 0.196 e. The minimum Gasteiger partial charge on any atom is -0.369 e. The summed E-state index contributed by atoms with van der Waals surface area (Å²) in [6.45, 7) is 10.6. The van der Waals surface area contributed by atoms with E-state index in [9.17, 15) is 4.79 Å². The summed E-state index contributed by atoms with van der Waals surface area (Å²) in [5.74, 6) is 1.32. The Hall–Kier alpha value is -3.60. The molecule has 0 amide bonds. The van der Waals surface area contributed by atoms with Crippen molar-refractivity contribution in [2.24, 2.45) is 5.92 Å². The maximum Gasteiger partial charge on any atom is 0.196 e. The third-order valence-corrected chi connectivity index (χ3v) is 7.31. The van der Waals surface area contributed by atoms with Crippen molar-refractivity contribution in [1.82, 2.24) is 5.16 Å². The predicted molar refractivity (Wildman–Crippen MR) is 137 cm³/mol. The zero-order valence-electron chi connectivity index (χ0n) is 20.2. The Morgan fingerprint density at radius 2 is 1.79 bits per heavy atom. The molecule has 4 aromatic rings. The van der Waals surface area contributed by atoms with E-state index in [1.807, 2.05) is 24.3 Å². The van der Waals surface area contributed by atoms with Crippen LogP contribution in [0.4, 0.5) is 17.1 Å². The zero-order valence-corrected chi connectivity index (χ0v) is 20.2. The molecular weight excluding hydrogens is 422 g/mol. The number of aryl methyl sites for hydroxylation is 3. The van der Waals surface area contributed by atoms with Gasteiger partial charge in [-0.05, 0) is 56.7 Å². The van der Waals surface area contributed by atoms with Gasteiger partial charge in [0.1, 0.15) is 5.52 Å². The first-order valence-corrected chi connectivity index (χ1v) is 12.1. The van der Waals surface area contributed by atoms with Crippen LogP contribution in [0.15, 0.2) is 47.0 Å². The molecule has 1 aromatic heterocycles. The summed E-state index contributed by atoms with van der Waals surface area (Å²) in [6.07, 6.45) is 2.39. The Morgan fingerprint density at radius 3 is 2.53 bits per heavy atom. The van der Waals surface area contributed by atoms with Gasteiger partial charge in [0, 0.05) is 29.9 Å². The molecule has 1 aliphatic heterocycles. The van der Waals surface area contributed by atoms with Crippen molar-refractivity contribution in [1.29, 1.82) is 0 Å². The van der Waals surface area contributed by atoms with Crippen LogP contribution in [0.1, 0.15) is 52.4 Å². The molecule has 2 heterocycles. The normalized spacial score (nSPS) is 17.2. The molecule has 5 heteroatoms. The van der Waals surface area contributed by atoms with Crippen LogP contribution >= 0.6 is 0 Å². The number of hydrogen-bond acceptors (Lipinski definition) is 5. The van der Waals surface area contributed by atoms with E-state index in [0.29, 0.717) is 22.8 Å². The van der Waals surface area contributed by atoms with Crippen molar-refractivity contribution < 1.29 is 9.32 Å². The van der Waals surface area contributed by atoms with Crippen LogP contribution in [-0.4, -0.2) is 24.0 Å². The standard InChI is InChI=1S/C29H29N3O2/c1-16-8-7-11-32(15-16)23-14-22(30-26-18(3)12-17(2)13-19(26)4)24-25-27(23)31-34-29(25)21-10-6-5-9-20(21)28(24)33/h5-6,9-10,12-14,16,30H,7-8,11,15H2,1-4H3/t16-/m0/s1. The Morgan fingerprint density at radius 1 is 1.06 bits per heavy atom. The van der Waals surface area contributed by atoms with Crippen molar-refractivity contribution in [3.8, 4) is 11.3 Å². The number of nitrogens with zero attached hydrogens (tertiary/aromatic N) is 2. The fourth-order valence-corrected chi connectivity index (χ4v) is 5.80. The average molecular weight is 452 g/mol. The minimum atomic E-state index is 0.0137. The largest absolute Gasteiger partial charge is 0.369 e. The lowest BCUT2D eigenvalue weighted by atomic mass is 9.86. The number of carbonyl (C=O) groups is 1. The summed E-state index contributed by atoms with van der Waals surface area (Å²) in [4.78, 5) is 16.3. The fraction of sp³-hybridized carbons (Fsp3) is 0.310. The molecule has 34 heavy (non-hydrogen) atoms. The van der Waals surface area contributed by atoms with Gasteiger partial charge >= 0.3 is 0 Å². The van der Waals surface area contributed by atoms with E-state index in [-0.39, 0.29) is 5.78 Å². The van der Waals surface area contributed by atoms with Gasteiger partial charge in [-0.2, -0.15) is 0 Å². The number of carbonyl (C=O) groups excluding carboxylic acids is 1. The molecule has 6 rings (SSSR count). The Kier molecular flexibility index (Phi) is 4.76. The van der Waals surface area contributed by atoms with Crippen molar-refractivity contribution in [3.05, 3.63) is 70.3 Å². The van der Waals surface area contributed by atoms with Crippen LogP contribution in [0.5, 0.6) is 0 Å². The molecule has 2 aliphatic rings. The second-order valence-electron chi connectivity index (χ2n) is 10.0. The molecule has 1 saturated heterocycles. The molecule has 0 unspecified atom stereocenters. The second-order valence-corrected chi connectivity index (χ2v) is 10.0. The van der Waals surface area contributed by atoms with Crippen LogP contribution in [0.25, 0.3) is 22.2 Å². The number of benzene rings is 3. The van der Waals surface area contributed by atoms with E-state index in [2.05, 4.69) is 61.3 Å². The van der Waals surface area contributed by atoms with Crippen molar-refractivity contribution in [2.75, 3.05) is 23.3 Å². The van der Waals surface area contributed by atoms with Gasteiger partial charge in [0.25, 0.3) is 0 Å². The van der Waals surface area contributed by atoms with Gasteiger partial charge < -0.3 is 14.7 Å². The van der Waals surface area contributed by atoms with Gasteiger partial charge in [0.15, 0.2) is 11.5 Å². The monoisotopic (exact) mass is 451 g/mol. The van der Waals surface area contributed by atoms with Crippen LogP contribution < -0.4 is 10.2 Å². The third-order valence-electron chi connectivity index (χ3n) is 7.31. The predicted octanol–water partition coefficient (Wildman–Crippen LogP) is 6.94. The fourth-order valence-electron chi connectivity index (χ4n) is 5.80. The lowest BCUT2D eigenvalue weighted by molar-refractivity contribution is 0.104. The quantitative estimate of drug-likeness (QED) is 0.322. The zero-order chi connectivity index (χ0) is 23.6. The highest BCUT2D eigenvalue weighted by atomic mass is 16.5. The van der Waals surface area contributed by atoms with Crippen molar-refractivity contribution in [3.63, 3.8) is 0 Å². The minimum absolute atomic E-state index is 0.0137. The summed E-state index contributed by atoms with van der Waals surface area (Å²) < 4.78 is 5.94. The summed E-state index contributed by atoms with van der Waals surface area (Å²) in [6, 6.07) is 14.1. The first kappa shape index (κ1) is 21.0. The van der Waals surface area contributed by atoms with E-state index < -0.39 is 0 Å². The third kappa shape index (κ3) is 3.14. The number of piperidine rings is 1. The molecule has 1 N–H and O–H groups in total. The molecule has 0 bridgehead atoms. The van der Waals surface area contributed by atoms with Crippen molar-refractivity contribution in [2.45, 2.75) is 40.5 Å². The number of fused-ring (bicyclic) bond motifs is 2. The van der Waals surface area contributed by atoms with Crippen LogP contribution in [0.2, 0.25) is 0 Å². The summed E-state index contributed by atoms with van der Waals surface area (Å²) in [7, 11) is 0. The van der Waals surface area contributed by atoms with Gasteiger partial charge in [-0.25, -0.2) is 0 Å². The molecule has 3 aromatic carbocycles. The Labute approximate surface area is 199 Å². The maximum atomic E-state index is 13.8. The SMILES string of the molecule is Cc1cc(C)c(Nc2cc(N3CCC[C@H](C)C3)c3noc4c3c2C(=O)c2ccccc2-4)c(C)c1. The van der Waals surface area contributed by atoms with Gasteiger partial charge in [0.05, 0.1) is 22.3 Å². The summed E-state index contributed by atoms with van der Waals surface area (Å²) in [5.41, 5.74) is 9.36. The average Bonchev–Trinajstić information content (AvgIpc) is 3.25. The highest BCUT2D eigenvalue weighted by molar-refractivity contribution is 6.28. The van der Waals surface area contributed by atoms with E-state index in [1.165, 1.54) is 12.0 Å². The molecule has 172 valence electrons. The van der Waals surface area contributed by atoms with Crippen molar-refractivity contribution >= 4 is 33.7 Å². The highest BCUT2D eigenvalue weighted by Crippen LogP contribution is 2.47. The molecule has 1 aliphatic carbocycles. The first-order chi connectivity index (χ1) is 16.4. The van der Waals surface area contributed by atoms with E-state index >= 15 is 0 Å². The molecule has 0 radical (unpaired) electrons. The van der Waals surface area contributed by atoms with E-state index in [4.69, 9.17) is 4.52 Å². The number of hydrogen-bond donors (Lipinski definition) is 1. The lowest BCUT2D eigenvalue weighted by Gasteiger charge is -2.33. The number of ketones is 1. The first-order valence-electron chi connectivity index (χ1n) is 12.1. The molecule has 0 spiro atoms. The van der Waals surface area contributed by atoms with Gasteiger partial charge in [0.2, 0.25) is 0 Å². The number of nitrogens with one attached hydrogen (secondary N) is 1. The topological polar surface area (TPSA) is 58.4 Å². The summed E-state index contributed by atoms with van der Waals surface area (Å²) in [5, 5.41) is 9.01. The molecular formula is C29H29N3O2. The highest BCUT2D eigenvalue weighted by Gasteiger charge is 2.34. The summed E-state index contributed by atoms with van der Waals surface area (Å²) >= 11 is 0. The molecule has 1 atom stereocenters. The number of aromatic nitrogens is 1. The van der Waals surface area contributed by atoms with Crippen LogP contribution in [0, 0.1) is 26.7 Å². The van der Waals surface area contributed by atoms with Crippen LogP contribution in [-0.2, 0) is 0 Å². The second kappa shape index (κ2) is 7.73.